The van der Waals surface area contributed by atoms with Crippen LogP contribution in [-0.2, 0) is 11.2 Å². The van der Waals surface area contributed by atoms with Crippen molar-refractivity contribution in [1.29, 1.82) is 5.26 Å². The number of nitrogens with zero attached hydrogens (tertiary/aromatic N) is 1. The summed E-state index contributed by atoms with van der Waals surface area (Å²) < 4.78 is 5.23. The summed E-state index contributed by atoms with van der Waals surface area (Å²) in [4.78, 5) is 27.4. The Bertz CT molecular complexity index is 872. The minimum Gasteiger partial charge on any atom is -0.444 e. The lowest BCUT2D eigenvalue weighted by molar-refractivity contribution is 0.0525. The van der Waals surface area contributed by atoms with E-state index in [-0.39, 0.29) is 17.8 Å². The average Bonchev–Trinajstić information content (AvgIpc) is 2.53. The Morgan fingerprint density at radius 3 is 2.76 bits per heavy atom. The van der Waals surface area contributed by atoms with Crippen LogP contribution in [0.25, 0.3) is 10.9 Å². The molecule has 0 aliphatic heterocycles. The van der Waals surface area contributed by atoms with Crippen molar-refractivity contribution >= 4 is 17.0 Å². The number of fused-ring (bicyclic) bond motifs is 1. The van der Waals surface area contributed by atoms with Crippen molar-refractivity contribution in [3.8, 4) is 6.07 Å². The Labute approximate surface area is 146 Å². The van der Waals surface area contributed by atoms with Crippen LogP contribution in [0.4, 0.5) is 4.79 Å². The van der Waals surface area contributed by atoms with E-state index in [1.54, 1.807) is 12.3 Å². The van der Waals surface area contributed by atoms with E-state index in [9.17, 15) is 9.59 Å². The first-order valence-corrected chi connectivity index (χ1v) is 8.20. The molecule has 6 heteroatoms. The Kier molecular flexibility index (Phi) is 5.48. The number of aromatic amines is 1. The second kappa shape index (κ2) is 7.39. The molecule has 0 spiro atoms. The molecule has 0 saturated carbocycles. The SMILES string of the molecule is CC(CNC(=O)OC(C)(C)C)c1cccc2c(=O)c(CC#N)c[nH]c12. The Morgan fingerprint density at radius 2 is 2.12 bits per heavy atom. The number of rotatable bonds is 4. The fraction of sp³-hybridized carbons (Fsp3) is 0.421. The van der Waals surface area contributed by atoms with Gasteiger partial charge in [0.1, 0.15) is 5.60 Å². The fourth-order valence-corrected chi connectivity index (χ4v) is 2.61. The van der Waals surface area contributed by atoms with Gasteiger partial charge in [-0.05, 0) is 32.4 Å². The van der Waals surface area contributed by atoms with Crippen LogP contribution in [0.5, 0.6) is 0 Å². The van der Waals surface area contributed by atoms with Gasteiger partial charge in [-0.3, -0.25) is 4.79 Å². The lowest BCUT2D eigenvalue weighted by Gasteiger charge is -2.21. The van der Waals surface area contributed by atoms with Gasteiger partial charge in [0.25, 0.3) is 0 Å². The van der Waals surface area contributed by atoms with Crippen molar-refractivity contribution in [3.63, 3.8) is 0 Å². The number of alkyl carbamates (subject to hydrolysis) is 1. The van der Waals surface area contributed by atoms with Gasteiger partial charge >= 0.3 is 6.09 Å². The van der Waals surface area contributed by atoms with Gasteiger partial charge in [-0.25, -0.2) is 4.79 Å². The molecule has 0 fully saturated rings. The van der Waals surface area contributed by atoms with Crippen LogP contribution in [-0.4, -0.2) is 23.2 Å². The zero-order valence-electron chi connectivity index (χ0n) is 15.0. The summed E-state index contributed by atoms with van der Waals surface area (Å²) in [6.07, 6.45) is 1.20. The van der Waals surface area contributed by atoms with E-state index in [0.717, 1.165) is 11.1 Å². The highest BCUT2D eigenvalue weighted by atomic mass is 16.6. The Hall–Kier alpha value is -2.81. The molecular formula is C19H23N3O3. The zero-order valence-corrected chi connectivity index (χ0v) is 15.0. The number of pyridine rings is 1. The van der Waals surface area contributed by atoms with Gasteiger partial charge < -0.3 is 15.0 Å². The van der Waals surface area contributed by atoms with Crippen molar-refractivity contribution in [2.75, 3.05) is 6.54 Å². The van der Waals surface area contributed by atoms with Crippen molar-refractivity contribution in [3.05, 3.63) is 45.7 Å². The molecule has 2 rings (SSSR count). The highest BCUT2D eigenvalue weighted by Crippen LogP contribution is 2.22. The van der Waals surface area contributed by atoms with Crippen LogP contribution in [0.2, 0.25) is 0 Å². The van der Waals surface area contributed by atoms with Crippen LogP contribution >= 0.6 is 0 Å². The van der Waals surface area contributed by atoms with Gasteiger partial charge in [-0.1, -0.05) is 19.1 Å². The van der Waals surface area contributed by atoms with Gasteiger partial charge in [0, 0.05) is 29.6 Å². The standard InChI is InChI=1S/C19H23N3O3/c1-12(10-22-18(24)25-19(2,3)4)14-6-5-7-15-16(14)21-11-13(8-9-20)17(15)23/h5-7,11-12H,8,10H2,1-4H3,(H,21,23)(H,22,24). The molecule has 0 aliphatic rings. The number of nitrogens with one attached hydrogen (secondary N) is 2. The monoisotopic (exact) mass is 341 g/mol. The third-order valence-electron chi connectivity index (χ3n) is 3.78. The first kappa shape index (κ1) is 18.5. The average molecular weight is 341 g/mol. The lowest BCUT2D eigenvalue weighted by atomic mass is 9.97. The molecule has 1 heterocycles. The van der Waals surface area contributed by atoms with Gasteiger partial charge in [0.05, 0.1) is 18.0 Å². The Balaban J connectivity index is 2.23. The molecular weight excluding hydrogens is 318 g/mol. The summed E-state index contributed by atoms with van der Waals surface area (Å²) in [7, 11) is 0. The minimum atomic E-state index is -0.546. The van der Waals surface area contributed by atoms with Crippen molar-refractivity contribution < 1.29 is 9.53 Å². The highest BCUT2D eigenvalue weighted by molar-refractivity contribution is 5.82. The number of hydrogen-bond donors (Lipinski definition) is 2. The third kappa shape index (κ3) is 4.60. The number of para-hydroxylation sites is 1. The molecule has 0 radical (unpaired) electrons. The number of carbonyl (C=O) groups is 1. The minimum absolute atomic E-state index is 0.0197. The number of aromatic nitrogens is 1. The van der Waals surface area contributed by atoms with Crippen LogP contribution in [0.15, 0.2) is 29.2 Å². The molecule has 132 valence electrons. The van der Waals surface area contributed by atoms with E-state index in [1.807, 2.05) is 45.9 Å². The molecule has 1 aromatic heterocycles. The molecule has 1 atom stereocenters. The molecule has 0 saturated heterocycles. The van der Waals surface area contributed by atoms with E-state index in [4.69, 9.17) is 10.00 Å². The molecule has 0 bridgehead atoms. The third-order valence-corrected chi connectivity index (χ3v) is 3.78. The number of nitriles is 1. The zero-order chi connectivity index (χ0) is 18.6. The Morgan fingerprint density at radius 1 is 1.40 bits per heavy atom. The molecule has 1 unspecified atom stereocenters. The predicted molar refractivity (Wildman–Crippen MR) is 96.5 cm³/mol. The predicted octanol–water partition coefficient (Wildman–Crippen LogP) is 3.22. The summed E-state index contributed by atoms with van der Waals surface area (Å²) in [5.41, 5.74) is 1.42. The number of H-pyrrole nitrogens is 1. The fourth-order valence-electron chi connectivity index (χ4n) is 2.61. The van der Waals surface area contributed by atoms with Gasteiger partial charge in [0.2, 0.25) is 0 Å². The van der Waals surface area contributed by atoms with Gasteiger partial charge in [-0.2, -0.15) is 5.26 Å². The molecule has 1 aromatic carbocycles. The number of amides is 1. The van der Waals surface area contributed by atoms with E-state index in [1.165, 1.54) is 0 Å². The lowest BCUT2D eigenvalue weighted by Crippen LogP contribution is -2.34. The smallest absolute Gasteiger partial charge is 0.407 e. The summed E-state index contributed by atoms with van der Waals surface area (Å²) in [6.45, 7) is 7.78. The maximum atomic E-state index is 12.5. The number of ether oxygens (including phenoxy) is 1. The maximum Gasteiger partial charge on any atom is 0.407 e. The van der Waals surface area contributed by atoms with Crippen LogP contribution in [0.1, 0.15) is 44.7 Å². The molecule has 2 N–H and O–H groups in total. The molecule has 6 nitrogen and oxygen atoms in total. The molecule has 0 aliphatic carbocycles. The van der Waals surface area contributed by atoms with Crippen LogP contribution < -0.4 is 10.7 Å². The first-order valence-electron chi connectivity index (χ1n) is 8.20. The summed E-state index contributed by atoms with van der Waals surface area (Å²) in [5.74, 6) is -0.0197. The van der Waals surface area contributed by atoms with Crippen molar-refractivity contribution in [2.24, 2.45) is 0 Å². The van der Waals surface area contributed by atoms with E-state index in [0.29, 0.717) is 17.5 Å². The molecule has 2 aromatic rings. The second-order valence-electron chi connectivity index (χ2n) is 7.03. The molecule has 25 heavy (non-hydrogen) atoms. The van der Waals surface area contributed by atoms with Gasteiger partial charge in [0.15, 0.2) is 5.43 Å². The van der Waals surface area contributed by atoms with E-state index >= 15 is 0 Å². The van der Waals surface area contributed by atoms with Crippen LogP contribution in [0, 0.1) is 11.3 Å². The van der Waals surface area contributed by atoms with Crippen LogP contribution in [0.3, 0.4) is 0 Å². The second-order valence-corrected chi connectivity index (χ2v) is 7.03. The number of hydrogen-bond acceptors (Lipinski definition) is 4. The van der Waals surface area contributed by atoms with E-state index < -0.39 is 11.7 Å². The summed E-state index contributed by atoms with van der Waals surface area (Å²) in [6, 6.07) is 7.47. The normalized spacial score (nSPS) is 12.4. The number of benzene rings is 1. The van der Waals surface area contributed by atoms with E-state index in [2.05, 4.69) is 10.3 Å². The van der Waals surface area contributed by atoms with Crippen molar-refractivity contribution in [2.45, 2.75) is 45.6 Å². The summed E-state index contributed by atoms with van der Waals surface area (Å²) in [5, 5.41) is 12.1. The molecule has 1 amide bonds. The topological polar surface area (TPSA) is 95.0 Å². The largest absolute Gasteiger partial charge is 0.444 e. The highest BCUT2D eigenvalue weighted by Gasteiger charge is 2.18. The number of carbonyl (C=O) groups excluding carboxylic acids is 1. The maximum absolute atomic E-state index is 12.5. The first-order chi connectivity index (χ1) is 11.7. The quantitative estimate of drug-likeness (QED) is 0.892. The van der Waals surface area contributed by atoms with Gasteiger partial charge in [-0.15, -0.1) is 0 Å². The summed E-state index contributed by atoms with van der Waals surface area (Å²) >= 11 is 0. The van der Waals surface area contributed by atoms with Crippen molar-refractivity contribution in [1.82, 2.24) is 10.3 Å².